The van der Waals surface area contributed by atoms with Crippen LogP contribution in [0.1, 0.15) is 63.9 Å². The van der Waals surface area contributed by atoms with Gasteiger partial charge in [0, 0.05) is 75.9 Å². The van der Waals surface area contributed by atoms with E-state index in [9.17, 15) is 8.78 Å². The fourth-order valence-corrected chi connectivity index (χ4v) is 6.22. The SMILES string of the molecule is C1CCOC1.CC.Cc1nc2c(N3CCN(C(c4ccc(Cl)cc4)C4CC(F)(F)C4)CC3C)cc(Cl)nc2n1C. The van der Waals surface area contributed by atoms with Gasteiger partial charge in [-0.15, -0.1) is 0 Å². The van der Waals surface area contributed by atoms with Gasteiger partial charge in [0.25, 0.3) is 0 Å². The molecule has 3 fully saturated rings. The zero-order valence-electron chi connectivity index (χ0n) is 24.1. The van der Waals surface area contributed by atoms with Crippen molar-refractivity contribution in [2.24, 2.45) is 13.0 Å². The molecule has 0 spiro atoms. The van der Waals surface area contributed by atoms with Crippen LogP contribution >= 0.6 is 23.2 Å². The molecule has 1 aliphatic carbocycles. The molecule has 2 saturated heterocycles. The monoisotopic (exact) mass is 595 g/mol. The first-order chi connectivity index (χ1) is 19.1. The third-order valence-corrected chi connectivity index (χ3v) is 8.41. The minimum Gasteiger partial charge on any atom is -0.381 e. The summed E-state index contributed by atoms with van der Waals surface area (Å²) in [6.07, 6.45) is 2.42. The molecule has 2 atom stereocenters. The average Bonchev–Trinajstić information content (AvgIpc) is 3.59. The van der Waals surface area contributed by atoms with Crippen LogP contribution in [-0.2, 0) is 11.8 Å². The topological polar surface area (TPSA) is 46.4 Å². The van der Waals surface area contributed by atoms with Crippen molar-refractivity contribution < 1.29 is 13.5 Å². The van der Waals surface area contributed by atoms with Gasteiger partial charge in [-0.05, 0) is 50.3 Å². The Kier molecular flexibility index (Phi) is 10.3. The maximum atomic E-state index is 13.8. The van der Waals surface area contributed by atoms with Gasteiger partial charge in [-0.25, -0.2) is 18.7 Å². The molecule has 2 aliphatic heterocycles. The molecule has 1 saturated carbocycles. The molecule has 2 aromatic heterocycles. The second kappa shape index (κ2) is 13.3. The first-order valence-corrected chi connectivity index (χ1v) is 15.1. The summed E-state index contributed by atoms with van der Waals surface area (Å²) < 4.78 is 34.5. The quantitative estimate of drug-likeness (QED) is 0.289. The molecule has 3 aliphatic rings. The van der Waals surface area contributed by atoms with Gasteiger partial charge in [-0.3, -0.25) is 4.90 Å². The maximum Gasteiger partial charge on any atom is 0.248 e. The Balaban J connectivity index is 0.000000469. The van der Waals surface area contributed by atoms with Crippen LogP contribution in [0.5, 0.6) is 0 Å². The highest BCUT2D eigenvalue weighted by Gasteiger charge is 2.50. The smallest absolute Gasteiger partial charge is 0.248 e. The number of imidazole rings is 1. The summed E-state index contributed by atoms with van der Waals surface area (Å²) >= 11 is 12.5. The van der Waals surface area contributed by atoms with Gasteiger partial charge < -0.3 is 14.2 Å². The van der Waals surface area contributed by atoms with E-state index in [-0.39, 0.29) is 30.8 Å². The lowest BCUT2D eigenvalue weighted by Gasteiger charge is -2.49. The van der Waals surface area contributed by atoms with Crippen LogP contribution in [-0.4, -0.2) is 64.2 Å². The number of anilines is 1. The molecule has 10 heteroatoms. The van der Waals surface area contributed by atoms with E-state index >= 15 is 0 Å². The van der Waals surface area contributed by atoms with Crippen LogP contribution in [0.2, 0.25) is 10.2 Å². The Hall–Kier alpha value is -2.00. The van der Waals surface area contributed by atoms with Gasteiger partial charge in [0.05, 0.1) is 5.69 Å². The fraction of sp³-hybridized carbons (Fsp3) is 0.600. The highest BCUT2D eigenvalue weighted by atomic mass is 35.5. The van der Waals surface area contributed by atoms with E-state index in [1.807, 2.05) is 62.7 Å². The summed E-state index contributed by atoms with van der Waals surface area (Å²) in [6, 6.07) is 9.62. The standard InChI is InChI=1S/C24H27Cl2F2N5.C4H8O.C2H6/c1-14-13-32(22(17-11-24(27,28)12-17)16-4-6-18(25)7-5-16)8-9-33(14)19-10-20(26)30-23-21(19)29-15(2)31(23)3;1-2-4-5-3-1;1-2/h4-7,10,14,17,22H,8-9,11-13H2,1-3H3;1-4H2;1-2H3. The van der Waals surface area contributed by atoms with E-state index in [4.69, 9.17) is 32.9 Å². The Bertz CT molecular complexity index is 1250. The molecule has 220 valence electrons. The number of fused-ring (bicyclic) bond motifs is 1. The van der Waals surface area contributed by atoms with Crippen LogP contribution in [0.4, 0.5) is 14.5 Å². The maximum absolute atomic E-state index is 13.8. The number of aromatic nitrogens is 3. The minimum atomic E-state index is -2.56. The second-order valence-electron chi connectivity index (χ2n) is 10.7. The Labute approximate surface area is 246 Å². The highest BCUT2D eigenvalue weighted by molar-refractivity contribution is 6.30. The van der Waals surface area contributed by atoms with Crippen LogP contribution in [0, 0.1) is 12.8 Å². The van der Waals surface area contributed by atoms with Crippen molar-refractivity contribution in [3.63, 3.8) is 0 Å². The van der Waals surface area contributed by atoms with Crippen molar-refractivity contribution in [3.8, 4) is 0 Å². The lowest BCUT2D eigenvalue weighted by molar-refractivity contribution is -0.133. The number of aryl methyl sites for hydroxylation is 2. The Morgan fingerprint density at radius 3 is 2.23 bits per heavy atom. The number of hydrogen-bond donors (Lipinski definition) is 0. The van der Waals surface area contributed by atoms with E-state index < -0.39 is 5.92 Å². The molecule has 6 nitrogen and oxygen atoms in total. The molecule has 1 aromatic carbocycles. The van der Waals surface area contributed by atoms with Gasteiger partial charge in [-0.2, -0.15) is 0 Å². The molecule has 2 unspecified atom stereocenters. The molecule has 0 bridgehead atoms. The fourth-order valence-electron chi connectivity index (χ4n) is 5.91. The van der Waals surface area contributed by atoms with Gasteiger partial charge in [-0.1, -0.05) is 49.2 Å². The summed E-state index contributed by atoms with van der Waals surface area (Å²) in [5, 5.41) is 1.09. The lowest BCUT2D eigenvalue weighted by Crippen LogP contribution is -2.55. The number of halogens is 4. The van der Waals surface area contributed by atoms with Crippen molar-refractivity contribution in [1.29, 1.82) is 0 Å². The van der Waals surface area contributed by atoms with Crippen LogP contribution in [0.3, 0.4) is 0 Å². The van der Waals surface area contributed by atoms with E-state index in [2.05, 4.69) is 21.7 Å². The number of benzene rings is 1. The predicted octanol–water partition coefficient (Wildman–Crippen LogP) is 7.70. The lowest BCUT2D eigenvalue weighted by atomic mass is 9.73. The average molecular weight is 597 g/mol. The number of nitrogens with zero attached hydrogens (tertiary/aromatic N) is 5. The number of rotatable bonds is 4. The first-order valence-electron chi connectivity index (χ1n) is 14.3. The molecule has 0 radical (unpaired) electrons. The largest absolute Gasteiger partial charge is 0.381 e. The normalized spacial score (nSPS) is 21.7. The summed E-state index contributed by atoms with van der Waals surface area (Å²) in [7, 11) is 1.93. The summed E-state index contributed by atoms with van der Waals surface area (Å²) in [4.78, 5) is 13.9. The van der Waals surface area contributed by atoms with Crippen LogP contribution in [0.15, 0.2) is 30.3 Å². The van der Waals surface area contributed by atoms with E-state index in [1.54, 1.807) is 0 Å². The molecular weight excluding hydrogens is 555 g/mol. The molecule has 6 rings (SSSR count). The molecule has 40 heavy (non-hydrogen) atoms. The first kappa shape index (κ1) is 30.9. The van der Waals surface area contributed by atoms with E-state index in [1.165, 1.54) is 12.8 Å². The molecule has 4 heterocycles. The van der Waals surface area contributed by atoms with Gasteiger partial charge in [0.1, 0.15) is 16.5 Å². The molecule has 0 amide bonds. The number of hydrogen-bond acceptors (Lipinski definition) is 5. The summed E-state index contributed by atoms with van der Waals surface area (Å²) in [5.74, 6) is -1.75. The van der Waals surface area contributed by atoms with Crippen molar-refractivity contribution >= 4 is 40.1 Å². The zero-order chi connectivity index (χ0) is 29.0. The summed E-state index contributed by atoms with van der Waals surface area (Å²) in [5.41, 5.74) is 3.63. The third kappa shape index (κ3) is 6.89. The zero-order valence-corrected chi connectivity index (χ0v) is 25.7. The molecule has 3 aromatic rings. The third-order valence-electron chi connectivity index (χ3n) is 7.97. The van der Waals surface area contributed by atoms with Crippen molar-refractivity contribution in [2.75, 3.05) is 37.7 Å². The number of pyridine rings is 1. The van der Waals surface area contributed by atoms with E-state index in [0.29, 0.717) is 10.2 Å². The molecule has 0 N–H and O–H groups in total. The summed E-state index contributed by atoms with van der Waals surface area (Å²) in [6.45, 7) is 12.4. The van der Waals surface area contributed by atoms with E-state index in [0.717, 1.165) is 61.1 Å². The Morgan fingerprint density at radius 1 is 1.02 bits per heavy atom. The number of alkyl halides is 2. The molecular formula is C30H41Cl2F2N5O. The Morgan fingerprint density at radius 2 is 1.68 bits per heavy atom. The van der Waals surface area contributed by atoms with Gasteiger partial charge in [0.15, 0.2) is 5.65 Å². The number of piperazine rings is 1. The minimum absolute atomic E-state index is 0.0513. The van der Waals surface area contributed by atoms with Gasteiger partial charge in [0.2, 0.25) is 5.92 Å². The highest BCUT2D eigenvalue weighted by Crippen LogP contribution is 2.50. The van der Waals surface area contributed by atoms with Crippen LogP contribution < -0.4 is 4.90 Å². The van der Waals surface area contributed by atoms with Gasteiger partial charge >= 0.3 is 0 Å². The van der Waals surface area contributed by atoms with Crippen molar-refractivity contribution in [2.45, 2.75) is 71.4 Å². The number of ether oxygens (including phenoxy) is 1. The van der Waals surface area contributed by atoms with Crippen LogP contribution in [0.25, 0.3) is 11.2 Å². The van der Waals surface area contributed by atoms with Crippen molar-refractivity contribution in [1.82, 2.24) is 19.4 Å². The predicted molar refractivity (Wildman–Crippen MR) is 160 cm³/mol. The second-order valence-corrected chi connectivity index (χ2v) is 11.6. The van der Waals surface area contributed by atoms with Crippen molar-refractivity contribution in [3.05, 3.63) is 51.9 Å².